The quantitative estimate of drug-likeness (QED) is 0.884. The summed E-state index contributed by atoms with van der Waals surface area (Å²) in [6.07, 6.45) is 9.62. The number of hydrogen-bond acceptors (Lipinski definition) is 5. The van der Waals surface area contributed by atoms with Crippen molar-refractivity contribution in [3.8, 4) is 0 Å². The van der Waals surface area contributed by atoms with Gasteiger partial charge in [-0.3, -0.25) is 24.2 Å². The number of aromatic nitrogens is 3. The van der Waals surface area contributed by atoms with Crippen LogP contribution in [0.25, 0.3) is 0 Å². The van der Waals surface area contributed by atoms with Gasteiger partial charge in [0.25, 0.3) is 5.56 Å². The lowest BCUT2D eigenvalue weighted by Gasteiger charge is -2.38. The number of fused-ring (bicyclic) bond motifs is 1. The first kappa shape index (κ1) is 16.1. The average Bonchev–Trinajstić information content (AvgIpc) is 2.66. The largest absolute Gasteiger partial charge is 0.358 e. The highest BCUT2D eigenvalue weighted by molar-refractivity contribution is 5.46. The Morgan fingerprint density at radius 2 is 2.04 bits per heavy atom. The first-order valence-corrected chi connectivity index (χ1v) is 8.95. The van der Waals surface area contributed by atoms with Crippen molar-refractivity contribution in [1.82, 2.24) is 19.4 Å². The van der Waals surface area contributed by atoms with Gasteiger partial charge in [0, 0.05) is 25.0 Å². The fourth-order valence-corrected chi connectivity index (χ4v) is 3.93. The topological polar surface area (TPSA) is 83.0 Å². The molecule has 3 heterocycles. The van der Waals surface area contributed by atoms with Gasteiger partial charge in [0.05, 0.1) is 18.8 Å². The Hall–Kier alpha value is -2.41. The Balaban J connectivity index is 1.65. The van der Waals surface area contributed by atoms with Crippen molar-refractivity contribution >= 4 is 5.82 Å². The second-order valence-corrected chi connectivity index (χ2v) is 6.91. The lowest BCUT2D eigenvalue weighted by atomic mass is 9.94. The van der Waals surface area contributed by atoms with Gasteiger partial charge in [-0.15, -0.1) is 0 Å². The molecule has 7 nitrogen and oxygen atoms in total. The van der Waals surface area contributed by atoms with Crippen LogP contribution in [0, 0.1) is 0 Å². The van der Waals surface area contributed by atoms with Crippen LogP contribution in [-0.4, -0.2) is 32.1 Å². The molecule has 0 radical (unpaired) electrons. The minimum absolute atomic E-state index is 0.282. The highest BCUT2D eigenvalue weighted by Crippen LogP contribution is 2.27. The first-order chi connectivity index (χ1) is 12.2. The van der Waals surface area contributed by atoms with Gasteiger partial charge in [-0.1, -0.05) is 25.3 Å². The van der Waals surface area contributed by atoms with Gasteiger partial charge in [0.15, 0.2) is 0 Å². The van der Waals surface area contributed by atoms with Crippen LogP contribution in [0.15, 0.2) is 34.1 Å². The van der Waals surface area contributed by atoms with Crippen molar-refractivity contribution in [3.63, 3.8) is 0 Å². The molecule has 0 atom stereocenters. The molecule has 1 fully saturated rings. The fraction of sp³-hybridized carbons (Fsp3) is 0.500. The van der Waals surface area contributed by atoms with Gasteiger partial charge >= 0.3 is 5.69 Å². The van der Waals surface area contributed by atoms with Crippen LogP contribution in [0.4, 0.5) is 5.82 Å². The third kappa shape index (κ3) is 3.24. The summed E-state index contributed by atoms with van der Waals surface area (Å²) < 4.78 is 1.60. The summed E-state index contributed by atoms with van der Waals surface area (Å²) in [5.74, 6) is 0.643. The monoisotopic (exact) mass is 341 g/mol. The normalized spacial score (nSPS) is 18.6. The van der Waals surface area contributed by atoms with Crippen molar-refractivity contribution in [2.24, 2.45) is 0 Å². The molecular weight excluding hydrogens is 318 g/mol. The summed E-state index contributed by atoms with van der Waals surface area (Å²) in [6.45, 7) is 1.66. The minimum Gasteiger partial charge on any atom is -0.358 e. The van der Waals surface area contributed by atoms with E-state index in [0.29, 0.717) is 37.2 Å². The van der Waals surface area contributed by atoms with Crippen LogP contribution in [-0.2, 0) is 13.1 Å². The van der Waals surface area contributed by atoms with Gasteiger partial charge in [0.2, 0.25) is 0 Å². The molecule has 2 aromatic rings. The SMILES string of the molecule is O=c1[nH]c(=O)n(Cc2cccnc2)c2c1CN(C1CCCCC1)CN2. The zero-order valence-electron chi connectivity index (χ0n) is 14.2. The summed E-state index contributed by atoms with van der Waals surface area (Å²) in [7, 11) is 0. The van der Waals surface area contributed by atoms with E-state index in [2.05, 4.69) is 20.2 Å². The number of aromatic amines is 1. The van der Waals surface area contributed by atoms with Crippen LogP contribution in [0.1, 0.15) is 43.2 Å². The maximum Gasteiger partial charge on any atom is 0.330 e. The van der Waals surface area contributed by atoms with Crippen LogP contribution in [0.5, 0.6) is 0 Å². The van der Waals surface area contributed by atoms with Crippen LogP contribution < -0.4 is 16.6 Å². The highest BCUT2D eigenvalue weighted by Gasteiger charge is 2.28. The molecule has 4 rings (SSSR count). The van der Waals surface area contributed by atoms with Crippen molar-refractivity contribution in [1.29, 1.82) is 0 Å². The molecule has 25 heavy (non-hydrogen) atoms. The fourth-order valence-electron chi connectivity index (χ4n) is 3.93. The van der Waals surface area contributed by atoms with Crippen LogP contribution >= 0.6 is 0 Å². The number of H-pyrrole nitrogens is 1. The van der Waals surface area contributed by atoms with E-state index in [0.717, 1.165) is 5.56 Å². The third-order valence-electron chi connectivity index (χ3n) is 5.26. The molecule has 2 N–H and O–H groups in total. The van der Waals surface area contributed by atoms with E-state index in [1.807, 2.05) is 12.1 Å². The maximum atomic E-state index is 12.4. The smallest absolute Gasteiger partial charge is 0.330 e. The lowest BCUT2D eigenvalue weighted by molar-refractivity contribution is 0.152. The van der Waals surface area contributed by atoms with Crippen molar-refractivity contribution in [2.45, 2.75) is 51.2 Å². The third-order valence-corrected chi connectivity index (χ3v) is 5.26. The van der Waals surface area contributed by atoms with Gasteiger partial charge < -0.3 is 5.32 Å². The second-order valence-electron chi connectivity index (χ2n) is 6.91. The molecule has 7 heteroatoms. The standard InChI is InChI=1S/C18H23N5O2/c24-17-15-11-22(14-6-2-1-3-7-14)12-20-16(15)23(18(25)21-17)10-13-5-4-8-19-9-13/h4-5,8-9,14,20H,1-3,6-7,10-12H2,(H,21,24,25). The molecule has 0 unspecified atom stereocenters. The molecule has 2 aliphatic rings. The molecule has 0 saturated heterocycles. The molecule has 0 bridgehead atoms. The predicted octanol–water partition coefficient (Wildman–Crippen LogP) is 1.50. The molecule has 0 aromatic carbocycles. The number of pyridine rings is 1. The van der Waals surface area contributed by atoms with E-state index >= 15 is 0 Å². The van der Waals surface area contributed by atoms with Gasteiger partial charge in [0.1, 0.15) is 5.82 Å². The van der Waals surface area contributed by atoms with E-state index in [-0.39, 0.29) is 11.2 Å². The zero-order chi connectivity index (χ0) is 17.2. The van der Waals surface area contributed by atoms with E-state index < -0.39 is 0 Å². The molecule has 1 aliphatic carbocycles. The Bertz CT molecular complexity index is 852. The molecule has 0 amide bonds. The van der Waals surface area contributed by atoms with E-state index in [9.17, 15) is 9.59 Å². The molecule has 132 valence electrons. The minimum atomic E-state index is -0.383. The number of anilines is 1. The first-order valence-electron chi connectivity index (χ1n) is 8.95. The van der Waals surface area contributed by atoms with Crippen molar-refractivity contribution in [2.75, 3.05) is 12.0 Å². The molecule has 0 spiro atoms. The number of nitrogens with zero attached hydrogens (tertiary/aromatic N) is 3. The second kappa shape index (κ2) is 6.84. The number of nitrogens with one attached hydrogen (secondary N) is 2. The molecular formula is C18H23N5O2. The van der Waals surface area contributed by atoms with Gasteiger partial charge in [-0.25, -0.2) is 4.79 Å². The highest BCUT2D eigenvalue weighted by atomic mass is 16.2. The summed E-state index contributed by atoms with van der Waals surface area (Å²) in [5, 5.41) is 3.33. The van der Waals surface area contributed by atoms with Gasteiger partial charge in [-0.05, 0) is 24.5 Å². The summed E-state index contributed by atoms with van der Waals surface area (Å²) in [4.78, 5) is 33.6. The molecule has 1 aliphatic heterocycles. The Kier molecular flexibility index (Phi) is 4.40. The van der Waals surface area contributed by atoms with E-state index in [1.54, 1.807) is 17.0 Å². The van der Waals surface area contributed by atoms with Gasteiger partial charge in [-0.2, -0.15) is 0 Å². The summed E-state index contributed by atoms with van der Waals surface area (Å²) in [5.41, 5.74) is 0.914. The number of rotatable bonds is 3. The Morgan fingerprint density at radius 1 is 1.20 bits per heavy atom. The van der Waals surface area contributed by atoms with Crippen molar-refractivity contribution in [3.05, 3.63) is 56.5 Å². The molecule has 2 aromatic heterocycles. The Morgan fingerprint density at radius 3 is 2.80 bits per heavy atom. The summed E-state index contributed by atoms with van der Waals surface area (Å²) in [6, 6.07) is 4.29. The molecule has 1 saturated carbocycles. The van der Waals surface area contributed by atoms with E-state index in [4.69, 9.17) is 0 Å². The van der Waals surface area contributed by atoms with E-state index in [1.165, 1.54) is 32.1 Å². The van der Waals surface area contributed by atoms with Crippen LogP contribution in [0.3, 0.4) is 0 Å². The Labute approximate surface area is 145 Å². The average molecular weight is 341 g/mol. The summed E-state index contributed by atoms with van der Waals surface area (Å²) >= 11 is 0. The van der Waals surface area contributed by atoms with Crippen molar-refractivity contribution < 1.29 is 0 Å². The predicted molar refractivity (Wildman–Crippen MR) is 95.6 cm³/mol. The number of hydrogen-bond donors (Lipinski definition) is 2. The lowest BCUT2D eigenvalue weighted by Crippen LogP contribution is -2.47. The zero-order valence-corrected chi connectivity index (χ0v) is 14.2. The maximum absolute atomic E-state index is 12.4. The van der Waals surface area contributed by atoms with Crippen LogP contribution in [0.2, 0.25) is 0 Å².